The molecule has 0 aliphatic rings. The van der Waals surface area contributed by atoms with Crippen molar-refractivity contribution in [2.45, 2.75) is 90.5 Å². The summed E-state index contributed by atoms with van der Waals surface area (Å²) in [5.74, 6) is 0. The molecule has 0 amide bonds. The topological polar surface area (TPSA) is 32.3 Å². The zero-order valence-electron chi connectivity index (χ0n) is 15.9. The summed E-state index contributed by atoms with van der Waals surface area (Å²) in [6.45, 7) is 4.34. The molecule has 24 heavy (non-hydrogen) atoms. The third kappa shape index (κ3) is 11.6. The summed E-state index contributed by atoms with van der Waals surface area (Å²) in [7, 11) is 0. The lowest BCUT2D eigenvalue weighted by Crippen LogP contribution is -2.15. The molecule has 0 saturated carbocycles. The number of hydrogen-bond acceptors (Lipinski definition) is 2. The van der Waals surface area contributed by atoms with Crippen molar-refractivity contribution in [3.8, 4) is 0 Å². The number of benzene rings is 1. The van der Waals surface area contributed by atoms with Gasteiger partial charge in [0, 0.05) is 13.2 Å². The number of nitrogens with one attached hydrogen (secondary N) is 1. The number of rotatable bonds is 16. The average molecular weight is 334 g/mol. The summed E-state index contributed by atoms with van der Waals surface area (Å²) in [6.07, 6.45) is 16.1. The third-order valence-corrected chi connectivity index (χ3v) is 4.68. The highest BCUT2D eigenvalue weighted by Gasteiger charge is 1.97. The van der Waals surface area contributed by atoms with Crippen LogP contribution in [-0.2, 0) is 13.0 Å². The largest absolute Gasteiger partial charge is 0.396 e. The molecule has 1 aromatic rings. The van der Waals surface area contributed by atoms with Crippen molar-refractivity contribution >= 4 is 0 Å². The maximum absolute atomic E-state index is 8.75. The van der Waals surface area contributed by atoms with Gasteiger partial charge in [-0.05, 0) is 36.9 Å². The van der Waals surface area contributed by atoms with E-state index in [0.717, 1.165) is 19.5 Å². The number of aryl methyl sites for hydroxylation is 1. The molecule has 0 spiro atoms. The second kappa shape index (κ2) is 15.7. The van der Waals surface area contributed by atoms with Crippen molar-refractivity contribution in [2.24, 2.45) is 0 Å². The van der Waals surface area contributed by atoms with Crippen LogP contribution in [0.15, 0.2) is 24.3 Å². The standard InChI is InChI=1S/C22H39NO/c1-2-3-4-5-6-7-8-9-10-11-13-21-14-16-22(17-15-21)20-23-18-12-19-24/h14-17,23-24H,2-13,18-20H2,1H3. The molecule has 0 bridgehead atoms. The highest BCUT2D eigenvalue weighted by molar-refractivity contribution is 5.22. The molecule has 0 heterocycles. The van der Waals surface area contributed by atoms with Gasteiger partial charge in [-0.3, -0.25) is 0 Å². The molecule has 0 fully saturated rings. The van der Waals surface area contributed by atoms with Crippen LogP contribution in [0.1, 0.15) is 88.7 Å². The first-order valence-electron chi connectivity index (χ1n) is 10.3. The highest BCUT2D eigenvalue weighted by atomic mass is 16.3. The van der Waals surface area contributed by atoms with Gasteiger partial charge in [-0.2, -0.15) is 0 Å². The first-order valence-corrected chi connectivity index (χ1v) is 10.3. The van der Waals surface area contributed by atoms with E-state index in [2.05, 4.69) is 36.5 Å². The molecule has 0 radical (unpaired) electrons. The molecule has 1 aromatic carbocycles. The molecule has 2 N–H and O–H groups in total. The molecule has 138 valence electrons. The first kappa shape index (κ1) is 21.2. The minimum Gasteiger partial charge on any atom is -0.396 e. The molecule has 2 nitrogen and oxygen atoms in total. The maximum Gasteiger partial charge on any atom is 0.0443 e. The molecular formula is C22H39NO. The van der Waals surface area contributed by atoms with Crippen molar-refractivity contribution in [1.29, 1.82) is 0 Å². The van der Waals surface area contributed by atoms with Gasteiger partial charge in [0.05, 0.1) is 0 Å². The second-order valence-electron chi connectivity index (χ2n) is 7.00. The lowest BCUT2D eigenvalue weighted by Gasteiger charge is -2.06. The third-order valence-electron chi connectivity index (χ3n) is 4.68. The molecule has 0 unspecified atom stereocenters. The van der Waals surface area contributed by atoms with Gasteiger partial charge in [-0.1, -0.05) is 89.0 Å². The molecule has 0 aromatic heterocycles. The molecule has 0 saturated heterocycles. The minimum absolute atomic E-state index is 0.269. The van der Waals surface area contributed by atoms with Crippen LogP contribution in [0, 0.1) is 0 Å². The summed E-state index contributed by atoms with van der Waals surface area (Å²) >= 11 is 0. The quantitative estimate of drug-likeness (QED) is 0.385. The lowest BCUT2D eigenvalue weighted by atomic mass is 10.0. The van der Waals surface area contributed by atoms with E-state index in [9.17, 15) is 0 Å². The lowest BCUT2D eigenvalue weighted by molar-refractivity contribution is 0.286. The van der Waals surface area contributed by atoms with E-state index in [1.54, 1.807) is 0 Å². The van der Waals surface area contributed by atoms with Gasteiger partial charge in [-0.15, -0.1) is 0 Å². The zero-order chi connectivity index (χ0) is 17.3. The van der Waals surface area contributed by atoms with Gasteiger partial charge in [-0.25, -0.2) is 0 Å². The fourth-order valence-corrected chi connectivity index (χ4v) is 3.08. The monoisotopic (exact) mass is 333 g/mol. The zero-order valence-corrected chi connectivity index (χ0v) is 15.9. The van der Waals surface area contributed by atoms with E-state index in [1.807, 2.05) is 0 Å². The van der Waals surface area contributed by atoms with E-state index in [-0.39, 0.29) is 6.61 Å². The van der Waals surface area contributed by atoms with E-state index in [4.69, 9.17) is 5.11 Å². The Labute approximate surface area is 150 Å². The molecule has 0 aliphatic heterocycles. The van der Waals surface area contributed by atoms with Gasteiger partial charge in [0.15, 0.2) is 0 Å². The molecule has 0 aliphatic carbocycles. The summed E-state index contributed by atoms with van der Waals surface area (Å²) < 4.78 is 0. The number of aliphatic hydroxyl groups is 1. The summed E-state index contributed by atoms with van der Waals surface area (Å²) in [6, 6.07) is 9.02. The normalized spacial score (nSPS) is 11.1. The van der Waals surface area contributed by atoms with Gasteiger partial charge < -0.3 is 10.4 Å². The van der Waals surface area contributed by atoms with Crippen LogP contribution in [0.4, 0.5) is 0 Å². The van der Waals surface area contributed by atoms with Crippen LogP contribution in [0.5, 0.6) is 0 Å². The van der Waals surface area contributed by atoms with Crippen LogP contribution in [0.25, 0.3) is 0 Å². The fourth-order valence-electron chi connectivity index (χ4n) is 3.08. The smallest absolute Gasteiger partial charge is 0.0443 e. The van der Waals surface area contributed by atoms with Crippen molar-refractivity contribution < 1.29 is 5.11 Å². The van der Waals surface area contributed by atoms with Crippen molar-refractivity contribution in [2.75, 3.05) is 13.2 Å². The Morgan fingerprint density at radius 3 is 1.83 bits per heavy atom. The van der Waals surface area contributed by atoms with Gasteiger partial charge >= 0.3 is 0 Å². The van der Waals surface area contributed by atoms with E-state index in [0.29, 0.717) is 0 Å². The van der Waals surface area contributed by atoms with E-state index < -0.39 is 0 Å². The van der Waals surface area contributed by atoms with Crippen LogP contribution < -0.4 is 5.32 Å². The van der Waals surface area contributed by atoms with Crippen molar-refractivity contribution in [3.05, 3.63) is 35.4 Å². The average Bonchev–Trinajstić information content (AvgIpc) is 2.61. The van der Waals surface area contributed by atoms with Crippen LogP contribution in [-0.4, -0.2) is 18.3 Å². The highest BCUT2D eigenvalue weighted by Crippen LogP contribution is 2.13. The number of aliphatic hydroxyl groups excluding tert-OH is 1. The molecule has 2 heteroatoms. The molecular weight excluding hydrogens is 294 g/mol. The summed E-state index contributed by atoms with van der Waals surface area (Å²) in [5, 5.41) is 12.1. The predicted molar refractivity (Wildman–Crippen MR) is 105 cm³/mol. The van der Waals surface area contributed by atoms with Crippen molar-refractivity contribution in [1.82, 2.24) is 5.32 Å². The van der Waals surface area contributed by atoms with Gasteiger partial charge in [0.25, 0.3) is 0 Å². The Balaban J connectivity index is 1.97. The number of unbranched alkanes of at least 4 members (excludes halogenated alkanes) is 9. The maximum atomic E-state index is 8.75. The van der Waals surface area contributed by atoms with Crippen molar-refractivity contribution in [3.63, 3.8) is 0 Å². The first-order chi connectivity index (χ1) is 11.9. The Kier molecular flexibility index (Phi) is 13.8. The SMILES string of the molecule is CCCCCCCCCCCCc1ccc(CNCCCO)cc1. The minimum atomic E-state index is 0.269. The van der Waals surface area contributed by atoms with Gasteiger partial charge in [0.2, 0.25) is 0 Å². The predicted octanol–water partition coefficient (Wildman–Crippen LogP) is 5.62. The van der Waals surface area contributed by atoms with E-state index in [1.165, 1.54) is 81.8 Å². The fraction of sp³-hybridized carbons (Fsp3) is 0.727. The Morgan fingerprint density at radius 1 is 0.708 bits per heavy atom. The van der Waals surface area contributed by atoms with E-state index >= 15 is 0 Å². The summed E-state index contributed by atoms with van der Waals surface area (Å²) in [4.78, 5) is 0. The van der Waals surface area contributed by atoms with Gasteiger partial charge in [0.1, 0.15) is 0 Å². The Morgan fingerprint density at radius 2 is 1.25 bits per heavy atom. The van der Waals surface area contributed by atoms with Crippen LogP contribution in [0.3, 0.4) is 0 Å². The molecule has 1 rings (SSSR count). The Hall–Kier alpha value is -0.860. The summed E-state index contributed by atoms with van der Waals surface area (Å²) in [5.41, 5.74) is 2.80. The second-order valence-corrected chi connectivity index (χ2v) is 7.00. The van der Waals surface area contributed by atoms with Crippen LogP contribution in [0.2, 0.25) is 0 Å². The van der Waals surface area contributed by atoms with Crippen LogP contribution >= 0.6 is 0 Å². The Bertz CT molecular complexity index is 374. The number of hydrogen-bond donors (Lipinski definition) is 2. The molecule has 0 atom stereocenters.